The van der Waals surface area contributed by atoms with E-state index >= 15 is 0 Å². The van der Waals surface area contributed by atoms with E-state index in [4.69, 9.17) is 4.74 Å². The molecule has 1 aromatic heterocycles. The van der Waals surface area contributed by atoms with Crippen LogP contribution < -0.4 is 5.32 Å². The molecule has 1 N–H and O–H groups in total. The summed E-state index contributed by atoms with van der Waals surface area (Å²) in [6, 6.07) is 2.55. The Morgan fingerprint density at radius 1 is 1.44 bits per heavy atom. The van der Waals surface area contributed by atoms with E-state index < -0.39 is 0 Å². The van der Waals surface area contributed by atoms with Gasteiger partial charge in [0, 0.05) is 13.2 Å². The molecule has 0 amide bonds. The van der Waals surface area contributed by atoms with Gasteiger partial charge in [0.1, 0.15) is 0 Å². The van der Waals surface area contributed by atoms with Crippen LogP contribution in [0.25, 0.3) is 0 Å². The maximum Gasteiger partial charge on any atom is 0.0775 e. The van der Waals surface area contributed by atoms with E-state index in [1.165, 1.54) is 5.56 Å². The van der Waals surface area contributed by atoms with Crippen molar-refractivity contribution in [3.63, 3.8) is 0 Å². The highest BCUT2D eigenvalue weighted by atomic mass is 32.1. The highest BCUT2D eigenvalue weighted by Gasteiger charge is 2.31. The number of thiophene rings is 1. The van der Waals surface area contributed by atoms with Gasteiger partial charge >= 0.3 is 0 Å². The lowest BCUT2D eigenvalue weighted by Gasteiger charge is -2.35. The third kappa shape index (κ3) is 3.58. The van der Waals surface area contributed by atoms with Crippen LogP contribution in [0.2, 0.25) is 0 Å². The summed E-state index contributed by atoms with van der Waals surface area (Å²) in [6.07, 6.45) is 1.24. The molecule has 1 heterocycles. The zero-order valence-electron chi connectivity index (χ0n) is 10.9. The van der Waals surface area contributed by atoms with Crippen LogP contribution in [-0.4, -0.2) is 26.3 Å². The van der Waals surface area contributed by atoms with Crippen LogP contribution in [0.5, 0.6) is 0 Å². The van der Waals surface area contributed by atoms with Gasteiger partial charge in [-0.3, -0.25) is 0 Å². The van der Waals surface area contributed by atoms with Crippen molar-refractivity contribution in [2.75, 3.05) is 14.2 Å². The standard InChI is InChI=1S/C13H23NOS/c1-13(2,3)12(15-5)11(14-4)8-10-6-7-16-9-10/h6-7,9,11-12,14H,8H2,1-5H3. The van der Waals surface area contributed by atoms with E-state index in [9.17, 15) is 0 Å². The van der Waals surface area contributed by atoms with Crippen LogP contribution in [0.15, 0.2) is 16.8 Å². The Bertz CT molecular complexity index is 289. The van der Waals surface area contributed by atoms with Gasteiger partial charge < -0.3 is 10.1 Å². The average molecular weight is 241 g/mol. The predicted octanol–water partition coefficient (Wildman–Crippen LogP) is 2.94. The second-order valence-electron chi connectivity index (χ2n) is 5.25. The van der Waals surface area contributed by atoms with Crippen molar-refractivity contribution in [1.82, 2.24) is 5.32 Å². The Kier molecular flexibility index (Phi) is 4.96. The van der Waals surface area contributed by atoms with E-state index in [2.05, 4.69) is 42.9 Å². The molecule has 2 nitrogen and oxygen atoms in total. The summed E-state index contributed by atoms with van der Waals surface area (Å²) < 4.78 is 5.66. The molecule has 0 aliphatic carbocycles. The molecule has 16 heavy (non-hydrogen) atoms. The Morgan fingerprint density at radius 3 is 2.50 bits per heavy atom. The highest BCUT2D eigenvalue weighted by molar-refractivity contribution is 7.07. The molecule has 0 spiro atoms. The van der Waals surface area contributed by atoms with E-state index in [0.717, 1.165) is 6.42 Å². The zero-order chi connectivity index (χ0) is 12.2. The summed E-state index contributed by atoms with van der Waals surface area (Å²) >= 11 is 1.75. The summed E-state index contributed by atoms with van der Waals surface area (Å²) in [6.45, 7) is 6.66. The number of methoxy groups -OCH3 is 1. The lowest BCUT2D eigenvalue weighted by molar-refractivity contribution is -0.00919. The number of rotatable bonds is 5. The van der Waals surface area contributed by atoms with Crippen molar-refractivity contribution < 1.29 is 4.74 Å². The molecule has 0 saturated carbocycles. The lowest BCUT2D eigenvalue weighted by atomic mass is 9.82. The van der Waals surface area contributed by atoms with Crippen LogP contribution >= 0.6 is 11.3 Å². The van der Waals surface area contributed by atoms with Gasteiger partial charge in [0.25, 0.3) is 0 Å². The van der Waals surface area contributed by atoms with Crippen molar-refractivity contribution >= 4 is 11.3 Å². The molecule has 0 radical (unpaired) electrons. The van der Waals surface area contributed by atoms with Gasteiger partial charge in [0.05, 0.1) is 6.10 Å². The normalized spacial score (nSPS) is 16.1. The first-order valence-corrected chi connectivity index (χ1v) is 6.64. The highest BCUT2D eigenvalue weighted by Crippen LogP contribution is 2.26. The third-order valence-corrected chi connectivity index (χ3v) is 3.61. The number of ether oxygens (including phenoxy) is 1. The number of nitrogens with one attached hydrogen (secondary N) is 1. The fourth-order valence-corrected chi connectivity index (χ4v) is 2.83. The fraction of sp³-hybridized carbons (Fsp3) is 0.692. The second kappa shape index (κ2) is 5.80. The molecule has 1 aromatic rings. The molecular formula is C13H23NOS. The summed E-state index contributed by atoms with van der Waals surface area (Å²) in [5.41, 5.74) is 1.54. The van der Waals surface area contributed by atoms with E-state index in [-0.39, 0.29) is 11.5 Å². The number of likely N-dealkylation sites (N-methyl/N-ethyl adjacent to an activating group) is 1. The molecule has 0 bridgehead atoms. The minimum absolute atomic E-state index is 0.151. The van der Waals surface area contributed by atoms with Crippen molar-refractivity contribution in [2.24, 2.45) is 5.41 Å². The summed E-state index contributed by atoms with van der Waals surface area (Å²) in [7, 11) is 3.81. The molecule has 2 atom stereocenters. The van der Waals surface area contributed by atoms with E-state index in [0.29, 0.717) is 6.04 Å². The Hall–Kier alpha value is -0.380. The van der Waals surface area contributed by atoms with Gasteiger partial charge in [0.15, 0.2) is 0 Å². The second-order valence-corrected chi connectivity index (χ2v) is 6.03. The maximum absolute atomic E-state index is 5.66. The molecule has 92 valence electrons. The first-order valence-electron chi connectivity index (χ1n) is 5.70. The minimum Gasteiger partial charge on any atom is -0.379 e. The topological polar surface area (TPSA) is 21.3 Å². The van der Waals surface area contributed by atoms with Gasteiger partial charge in [-0.2, -0.15) is 11.3 Å². The van der Waals surface area contributed by atoms with E-state index in [1.807, 2.05) is 7.05 Å². The first kappa shape index (κ1) is 13.7. The Labute approximate surface area is 103 Å². The summed E-state index contributed by atoms with van der Waals surface area (Å²) in [5, 5.41) is 7.71. The van der Waals surface area contributed by atoms with Crippen LogP contribution in [0, 0.1) is 5.41 Å². The smallest absolute Gasteiger partial charge is 0.0775 e. The predicted molar refractivity (Wildman–Crippen MR) is 71.1 cm³/mol. The first-order chi connectivity index (χ1) is 7.49. The number of hydrogen-bond donors (Lipinski definition) is 1. The zero-order valence-corrected chi connectivity index (χ0v) is 11.7. The molecular weight excluding hydrogens is 218 g/mol. The van der Waals surface area contributed by atoms with Crippen LogP contribution in [0.3, 0.4) is 0 Å². The Balaban J connectivity index is 2.72. The molecule has 0 aliphatic heterocycles. The molecule has 0 saturated heterocycles. The van der Waals surface area contributed by atoms with Crippen LogP contribution in [-0.2, 0) is 11.2 Å². The lowest BCUT2D eigenvalue weighted by Crippen LogP contribution is -2.47. The summed E-state index contributed by atoms with van der Waals surface area (Å²) in [5.74, 6) is 0. The minimum atomic E-state index is 0.151. The van der Waals surface area contributed by atoms with E-state index in [1.54, 1.807) is 18.4 Å². The average Bonchev–Trinajstić information content (AvgIpc) is 2.67. The Morgan fingerprint density at radius 2 is 2.12 bits per heavy atom. The van der Waals surface area contributed by atoms with Gasteiger partial charge in [0.2, 0.25) is 0 Å². The van der Waals surface area contributed by atoms with Crippen LogP contribution in [0.4, 0.5) is 0 Å². The monoisotopic (exact) mass is 241 g/mol. The number of hydrogen-bond acceptors (Lipinski definition) is 3. The van der Waals surface area contributed by atoms with Gasteiger partial charge in [-0.05, 0) is 41.3 Å². The fourth-order valence-electron chi connectivity index (χ4n) is 2.14. The largest absolute Gasteiger partial charge is 0.379 e. The van der Waals surface area contributed by atoms with Gasteiger partial charge in [-0.1, -0.05) is 20.8 Å². The molecule has 2 unspecified atom stereocenters. The SMILES string of the molecule is CNC(Cc1ccsc1)C(OC)C(C)(C)C. The van der Waals surface area contributed by atoms with Crippen LogP contribution in [0.1, 0.15) is 26.3 Å². The maximum atomic E-state index is 5.66. The van der Waals surface area contributed by atoms with Crippen molar-refractivity contribution in [2.45, 2.75) is 39.3 Å². The molecule has 0 aromatic carbocycles. The van der Waals surface area contributed by atoms with Crippen molar-refractivity contribution in [1.29, 1.82) is 0 Å². The van der Waals surface area contributed by atoms with Crippen molar-refractivity contribution in [3.8, 4) is 0 Å². The van der Waals surface area contributed by atoms with Gasteiger partial charge in [-0.25, -0.2) is 0 Å². The quantitative estimate of drug-likeness (QED) is 0.856. The molecule has 0 fully saturated rings. The van der Waals surface area contributed by atoms with Crippen molar-refractivity contribution in [3.05, 3.63) is 22.4 Å². The van der Waals surface area contributed by atoms with Gasteiger partial charge in [-0.15, -0.1) is 0 Å². The molecule has 0 aliphatic rings. The summed E-state index contributed by atoms with van der Waals surface area (Å²) in [4.78, 5) is 0. The molecule has 1 rings (SSSR count). The third-order valence-electron chi connectivity index (χ3n) is 2.88. The molecule has 3 heteroatoms.